The summed E-state index contributed by atoms with van der Waals surface area (Å²) in [5.74, 6) is 0.124. The third-order valence-corrected chi connectivity index (χ3v) is 6.68. The maximum absolute atomic E-state index is 14.3. The summed E-state index contributed by atoms with van der Waals surface area (Å²) in [7, 11) is 0. The normalized spacial score (nSPS) is 18.6. The van der Waals surface area contributed by atoms with Crippen molar-refractivity contribution in [1.82, 2.24) is 9.47 Å². The summed E-state index contributed by atoms with van der Waals surface area (Å²) in [6, 6.07) is 16.1. The van der Waals surface area contributed by atoms with Crippen LogP contribution in [0.5, 0.6) is 0 Å². The quantitative estimate of drug-likeness (QED) is 0.637. The van der Waals surface area contributed by atoms with E-state index < -0.39 is 11.6 Å². The van der Waals surface area contributed by atoms with Crippen LogP contribution in [0.4, 0.5) is 4.39 Å². The summed E-state index contributed by atoms with van der Waals surface area (Å²) in [5, 5.41) is 1.27. The van der Waals surface area contributed by atoms with Crippen LogP contribution in [-0.2, 0) is 17.7 Å². The van der Waals surface area contributed by atoms with Gasteiger partial charge in [0.1, 0.15) is 0 Å². The van der Waals surface area contributed by atoms with Crippen LogP contribution < -0.4 is 5.73 Å². The fourth-order valence-corrected chi connectivity index (χ4v) is 4.95. The third kappa shape index (κ3) is 3.86. The second kappa shape index (κ2) is 7.77. The van der Waals surface area contributed by atoms with Gasteiger partial charge >= 0.3 is 0 Å². The van der Waals surface area contributed by atoms with Crippen LogP contribution in [0.25, 0.3) is 10.9 Å². The molecule has 0 saturated carbocycles. The first-order valence-electron chi connectivity index (χ1n) is 10.9. The Balaban J connectivity index is 1.34. The fraction of sp³-hybridized carbons (Fsp3) is 0.400. The standard InChI is InChI=1S/C25H28FN3O2/c1-17-22(10-18-6-8-20(9-7-18)24(27)30)21-4-2-3-5-23(21)29(17)13-19-11-28(12-19)14-25(26)15-31-16-25/h2-9,19H,10-16H2,1H3,(H2,27,30). The van der Waals surface area contributed by atoms with E-state index >= 15 is 0 Å². The zero-order chi connectivity index (χ0) is 21.6. The van der Waals surface area contributed by atoms with E-state index in [1.54, 1.807) is 12.1 Å². The minimum atomic E-state index is -1.14. The Morgan fingerprint density at radius 2 is 1.87 bits per heavy atom. The molecule has 0 bridgehead atoms. The van der Waals surface area contributed by atoms with E-state index in [2.05, 4.69) is 40.7 Å². The van der Waals surface area contributed by atoms with E-state index in [4.69, 9.17) is 10.5 Å². The lowest BCUT2D eigenvalue weighted by Gasteiger charge is -2.45. The van der Waals surface area contributed by atoms with Crippen LogP contribution >= 0.6 is 0 Å². The van der Waals surface area contributed by atoms with Crippen LogP contribution in [0.15, 0.2) is 48.5 Å². The van der Waals surface area contributed by atoms with E-state index in [0.29, 0.717) is 18.0 Å². The van der Waals surface area contributed by atoms with Gasteiger partial charge in [0.2, 0.25) is 5.91 Å². The van der Waals surface area contributed by atoms with Gasteiger partial charge in [-0.1, -0.05) is 30.3 Å². The number of nitrogens with two attached hydrogens (primary N) is 1. The average molecular weight is 422 g/mol. The highest BCUT2D eigenvalue weighted by molar-refractivity contribution is 5.92. The minimum absolute atomic E-state index is 0.235. The molecule has 0 aliphatic carbocycles. The van der Waals surface area contributed by atoms with Crippen molar-refractivity contribution in [2.45, 2.75) is 25.6 Å². The highest BCUT2D eigenvalue weighted by Gasteiger charge is 2.43. The number of nitrogens with zero attached hydrogens (tertiary/aromatic N) is 2. The van der Waals surface area contributed by atoms with Gasteiger partial charge in [-0.15, -0.1) is 0 Å². The van der Waals surface area contributed by atoms with E-state index in [9.17, 15) is 9.18 Å². The van der Waals surface area contributed by atoms with Gasteiger partial charge < -0.3 is 15.0 Å². The maximum Gasteiger partial charge on any atom is 0.248 e. The number of hydrogen-bond donors (Lipinski definition) is 1. The number of ether oxygens (including phenoxy) is 1. The number of benzene rings is 2. The molecule has 1 aromatic heterocycles. The van der Waals surface area contributed by atoms with Crippen LogP contribution in [-0.4, -0.2) is 53.9 Å². The molecule has 3 aromatic rings. The topological polar surface area (TPSA) is 60.5 Å². The molecule has 2 aliphatic heterocycles. The van der Waals surface area contributed by atoms with Gasteiger partial charge in [0.25, 0.3) is 0 Å². The zero-order valence-corrected chi connectivity index (χ0v) is 17.8. The molecule has 0 radical (unpaired) electrons. The van der Waals surface area contributed by atoms with Crippen molar-refractivity contribution in [1.29, 1.82) is 0 Å². The van der Waals surface area contributed by atoms with Crippen LogP contribution in [0.2, 0.25) is 0 Å². The number of hydrogen-bond acceptors (Lipinski definition) is 3. The number of fused-ring (bicyclic) bond motifs is 1. The van der Waals surface area contributed by atoms with Crippen molar-refractivity contribution in [2.24, 2.45) is 11.7 Å². The second-order valence-corrected chi connectivity index (χ2v) is 9.13. The Morgan fingerprint density at radius 3 is 2.52 bits per heavy atom. The number of halogens is 1. The number of alkyl halides is 1. The van der Waals surface area contributed by atoms with Crippen molar-refractivity contribution in [3.8, 4) is 0 Å². The van der Waals surface area contributed by atoms with Gasteiger partial charge in [-0.2, -0.15) is 0 Å². The number of rotatable bonds is 7. The van der Waals surface area contributed by atoms with Crippen molar-refractivity contribution >= 4 is 16.8 Å². The molecular formula is C25H28FN3O2. The highest BCUT2D eigenvalue weighted by Crippen LogP contribution is 2.32. The molecule has 5 rings (SSSR count). The van der Waals surface area contributed by atoms with E-state index in [-0.39, 0.29) is 13.2 Å². The number of aromatic nitrogens is 1. The Labute approximate surface area is 181 Å². The summed E-state index contributed by atoms with van der Waals surface area (Å²) in [4.78, 5) is 13.6. The Bertz CT molecular complexity index is 1110. The largest absolute Gasteiger partial charge is 0.375 e. The van der Waals surface area contributed by atoms with E-state index in [1.165, 1.54) is 22.2 Å². The predicted octanol–water partition coefficient (Wildman–Crippen LogP) is 3.31. The molecule has 2 saturated heterocycles. The second-order valence-electron chi connectivity index (χ2n) is 9.13. The summed E-state index contributed by atoms with van der Waals surface area (Å²) < 4.78 is 21.7. The smallest absolute Gasteiger partial charge is 0.248 e. The molecule has 2 aromatic carbocycles. The molecule has 6 heteroatoms. The molecule has 2 aliphatic rings. The summed E-state index contributed by atoms with van der Waals surface area (Å²) in [5.41, 5.74) is 9.74. The highest BCUT2D eigenvalue weighted by atomic mass is 19.1. The molecule has 2 fully saturated rings. The first-order chi connectivity index (χ1) is 14.9. The fourth-order valence-electron chi connectivity index (χ4n) is 4.95. The third-order valence-electron chi connectivity index (χ3n) is 6.68. The van der Waals surface area contributed by atoms with Crippen LogP contribution in [0.1, 0.15) is 27.2 Å². The molecule has 0 unspecified atom stereocenters. The van der Waals surface area contributed by atoms with Crippen molar-refractivity contribution in [2.75, 3.05) is 32.8 Å². The molecule has 162 valence electrons. The summed E-state index contributed by atoms with van der Waals surface area (Å²) in [6.45, 7) is 5.95. The van der Waals surface area contributed by atoms with Crippen molar-refractivity contribution in [3.05, 3.63) is 70.9 Å². The average Bonchev–Trinajstić information content (AvgIpc) is 2.97. The number of primary amides is 1. The minimum Gasteiger partial charge on any atom is -0.375 e. The Hall–Kier alpha value is -2.70. The summed E-state index contributed by atoms with van der Waals surface area (Å²) in [6.07, 6.45) is 0.805. The molecular weight excluding hydrogens is 393 g/mol. The van der Waals surface area contributed by atoms with Gasteiger partial charge in [-0.3, -0.25) is 9.69 Å². The Morgan fingerprint density at radius 1 is 1.16 bits per heavy atom. The number of carbonyl (C=O) groups excluding carboxylic acids is 1. The van der Waals surface area contributed by atoms with Gasteiger partial charge in [0, 0.05) is 54.3 Å². The molecule has 2 N–H and O–H groups in total. The molecule has 31 heavy (non-hydrogen) atoms. The molecule has 3 heterocycles. The van der Waals surface area contributed by atoms with Gasteiger partial charge in [-0.25, -0.2) is 4.39 Å². The lowest BCUT2D eigenvalue weighted by Crippen LogP contribution is -2.59. The van der Waals surface area contributed by atoms with Crippen molar-refractivity contribution in [3.63, 3.8) is 0 Å². The molecule has 1 amide bonds. The predicted molar refractivity (Wildman–Crippen MR) is 119 cm³/mol. The molecule has 5 nitrogen and oxygen atoms in total. The SMILES string of the molecule is Cc1c(Cc2ccc(C(N)=O)cc2)c2ccccc2n1CC1CN(CC2(F)COC2)C1. The monoisotopic (exact) mass is 421 g/mol. The lowest BCUT2D eigenvalue weighted by molar-refractivity contribution is -0.150. The number of para-hydroxylation sites is 1. The Kier molecular flexibility index (Phi) is 5.07. The first kappa shape index (κ1) is 20.2. The first-order valence-corrected chi connectivity index (χ1v) is 10.9. The molecule has 0 atom stereocenters. The number of likely N-dealkylation sites (tertiary alicyclic amines) is 1. The number of carbonyl (C=O) groups is 1. The van der Waals surface area contributed by atoms with Crippen molar-refractivity contribution < 1.29 is 13.9 Å². The maximum atomic E-state index is 14.3. The van der Waals surface area contributed by atoms with Crippen LogP contribution in [0.3, 0.4) is 0 Å². The van der Waals surface area contributed by atoms with E-state index in [1.807, 2.05) is 12.1 Å². The van der Waals surface area contributed by atoms with Gasteiger partial charge in [0.05, 0.1) is 13.2 Å². The van der Waals surface area contributed by atoms with Gasteiger partial charge in [0.15, 0.2) is 5.67 Å². The van der Waals surface area contributed by atoms with E-state index in [0.717, 1.165) is 31.6 Å². The number of amides is 1. The molecule has 0 spiro atoms. The lowest BCUT2D eigenvalue weighted by atomic mass is 9.95. The van der Waals surface area contributed by atoms with Gasteiger partial charge in [-0.05, 0) is 42.7 Å². The van der Waals surface area contributed by atoms with Crippen LogP contribution in [0, 0.1) is 12.8 Å². The zero-order valence-electron chi connectivity index (χ0n) is 17.8. The summed E-state index contributed by atoms with van der Waals surface area (Å²) >= 11 is 0.